The summed E-state index contributed by atoms with van der Waals surface area (Å²) >= 11 is 0. The van der Waals surface area contributed by atoms with Crippen LogP contribution < -0.4 is 30.1 Å². The van der Waals surface area contributed by atoms with Crippen LogP contribution in [0.15, 0.2) is 30.7 Å². The molecule has 340 valence electrons. The molecule has 6 amide bonds. The Morgan fingerprint density at radius 3 is 2.22 bits per heavy atom. The number of carbonyl (C=O) groups is 6. The van der Waals surface area contributed by atoms with Crippen LogP contribution in [0.4, 0.5) is 4.79 Å². The Labute approximate surface area is 366 Å². The first-order chi connectivity index (χ1) is 30.0. The number of carbonyl (C=O) groups excluding carboxylic acids is 6. The summed E-state index contributed by atoms with van der Waals surface area (Å²) in [5.41, 5.74) is -0.711. The third kappa shape index (κ3) is 9.27. The number of hydrogen-bond acceptors (Lipinski definition) is 13. The van der Waals surface area contributed by atoms with Gasteiger partial charge in [0.1, 0.15) is 35.5 Å². The number of nitrogens with zero attached hydrogens (tertiary/aromatic N) is 4. The number of sulfonamides is 1. The lowest BCUT2D eigenvalue weighted by molar-refractivity contribution is -0.145. The first-order valence-corrected chi connectivity index (χ1v) is 23.4. The molecule has 6 aliphatic rings. The van der Waals surface area contributed by atoms with Crippen LogP contribution >= 0.6 is 0 Å². The number of aromatic nitrogens is 2. The number of ether oxygens (including phenoxy) is 3. The predicted octanol–water partition coefficient (Wildman–Crippen LogP) is 2.43. The van der Waals surface area contributed by atoms with Gasteiger partial charge in [-0.1, -0.05) is 53.4 Å². The second-order valence-electron chi connectivity index (χ2n) is 18.8. The number of likely N-dealkylation sites (tertiary alicyclic amines) is 1. The largest absolute Gasteiger partial charge is 0.454 e. The Balaban J connectivity index is 1.04. The van der Waals surface area contributed by atoms with Crippen LogP contribution in [0.2, 0.25) is 0 Å². The van der Waals surface area contributed by atoms with Crippen LogP contribution in [-0.4, -0.2) is 112 Å². The van der Waals surface area contributed by atoms with Gasteiger partial charge in [0.25, 0.3) is 11.8 Å². The summed E-state index contributed by atoms with van der Waals surface area (Å²) in [4.78, 5) is 95.6. The van der Waals surface area contributed by atoms with Crippen molar-refractivity contribution in [2.45, 2.75) is 140 Å². The van der Waals surface area contributed by atoms with E-state index in [1.807, 2.05) is 19.1 Å². The van der Waals surface area contributed by atoms with E-state index in [-0.39, 0.29) is 56.8 Å². The van der Waals surface area contributed by atoms with Gasteiger partial charge in [-0.25, -0.2) is 18.2 Å². The van der Waals surface area contributed by atoms with Gasteiger partial charge in [-0.2, -0.15) is 0 Å². The zero-order valence-electron chi connectivity index (χ0n) is 36.0. The van der Waals surface area contributed by atoms with E-state index < -0.39 is 86.1 Å². The van der Waals surface area contributed by atoms with Crippen molar-refractivity contribution in [3.8, 4) is 11.5 Å². The van der Waals surface area contributed by atoms with E-state index >= 15 is 4.79 Å². The monoisotopic (exact) mass is 892 g/mol. The fourth-order valence-electron chi connectivity index (χ4n) is 9.35. The first kappa shape index (κ1) is 44.1. The topological polar surface area (TPSA) is 245 Å². The standard InChI is InChI=1S/C43H56N8O11S/c1-5-27-18-43(27,40(56)49-63(58,59)29-11-12-29)48-37(53)31-17-28(62-41(57)50-20-25-15-32-33(61-23-60-32)16-26(25)21-50)22-51(31)39(55)35(42(2,3)4)47-38(54)34(24-9-7-6-8-10-24)46-36(52)30-19-44-13-14-45-30/h13-16,19,24,27-29,31,34-35H,5-12,17-18,20-23H2,1-4H3,(H,46,52)(H,47,54)(H,48,53)(H,49,56)/t27-,28+,31-,34-,35+,43-/m0/s1. The summed E-state index contributed by atoms with van der Waals surface area (Å²) in [6.07, 6.45) is 7.93. The zero-order chi connectivity index (χ0) is 44.8. The van der Waals surface area contributed by atoms with Crippen molar-refractivity contribution in [3.63, 3.8) is 0 Å². The van der Waals surface area contributed by atoms with Gasteiger partial charge in [-0.3, -0.25) is 38.6 Å². The van der Waals surface area contributed by atoms with Crippen molar-refractivity contribution in [2.75, 3.05) is 13.3 Å². The molecule has 0 bridgehead atoms. The Morgan fingerprint density at radius 1 is 0.952 bits per heavy atom. The molecule has 0 radical (unpaired) electrons. The smallest absolute Gasteiger partial charge is 0.410 e. The van der Waals surface area contributed by atoms with E-state index in [1.54, 1.807) is 20.8 Å². The van der Waals surface area contributed by atoms with Crippen molar-refractivity contribution in [2.24, 2.45) is 17.3 Å². The SMILES string of the molecule is CC[C@H]1C[C@@]1(NC(=O)[C@@H]1C[C@@H](OC(=O)N2Cc3cc4c(cc3C2)OCO4)CN1C(=O)[C@@H](NC(=O)[C@@H](NC(=O)c1cnccn1)C1CCCCC1)C(C)(C)C)C(=O)NS(=O)(=O)C1CC1. The highest BCUT2D eigenvalue weighted by Crippen LogP contribution is 2.47. The van der Waals surface area contributed by atoms with Gasteiger partial charge < -0.3 is 35.1 Å². The number of nitrogens with one attached hydrogen (secondary N) is 4. The zero-order valence-corrected chi connectivity index (χ0v) is 36.8. The molecule has 1 aromatic carbocycles. The highest BCUT2D eigenvalue weighted by molar-refractivity contribution is 7.91. The molecule has 19 nitrogen and oxygen atoms in total. The Bertz CT molecular complexity index is 2230. The molecule has 1 aromatic heterocycles. The number of fused-ring (bicyclic) bond motifs is 2. The summed E-state index contributed by atoms with van der Waals surface area (Å²) in [5, 5.41) is 7.94. The molecule has 4 N–H and O–H groups in total. The van der Waals surface area contributed by atoms with E-state index in [0.29, 0.717) is 43.6 Å². The van der Waals surface area contributed by atoms with E-state index in [0.717, 1.165) is 30.4 Å². The number of hydrogen-bond donors (Lipinski definition) is 4. The molecule has 2 aromatic rings. The average Bonchev–Trinajstić information content (AvgIpc) is 4.08. The van der Waals surface area contributed by atoms with Crippen molar-refractivity contribution < 1.29 is 51.4 Å². The first-order valence-electron chi connectivity index (χ1n) is 21.9. The van der Waals surface area contributed by atoms with E-state index in [9.17, 15) is 32.4 Å². The summed E-state index contributed by atoms with van der Waals surface area (Å²) in [7, 11) is -3.94. The molecule has 3 aliphatic heterocycles. The molecule has 4 fully saturated rings. The van der Waals surface area contributed by atoms with Crippen LogP contribution in [-0.2, 0) is 47.0 Å². The van der Waals surface area contributed by atoms with Gasteiger partial charge in [0.2, 0.25) is 34.5 Å². The molecule has 6 atom stereocenters. The quantitative estimate of drug-likeness (QED) is 0.226. The highest BCUT2D eigenvalue weighted by atomic mass is 32.2. The van der Waals surface area contributed by atoms with Crippen LogP contribution in [0.5, 0.6) is 11.5 Å². The van der Waals surface area contributed by atoms with E-state index in [1.165, 1.54) is 28.4 Å². The van der Waals surface area contributed by atoms with Crippen molar-refractivity contribution >= 4 is 45.7 Å². The molecule has 4 heterocycles. The van der Waals surface area contributed by atoms with Gasteiger partial charge in [0, 0.05) is 31.9 Å². The Morgan fingerprint density at radius 2 is 1.63 bits per heavy atom. The minimum Gasteiger partial charge on any atom is -0.454 e. The maximum atomic E-state index is 15.0. The second kappa shape index (κ2) is 17.2. The molecule has 0 spiro atoms. The molecule has 8 rings (SSSR count). The third-order valence-electron chi connectivity index (χ3n) is 13.2. The van der Waals surface area contributed by atoms with Gasteiger partial charge >= 0.3 is 6.09 Å². The van der Waals surface area contributed by atoms with Crippen LogP contribution in [0, 0.1) is 17.3 Å². The number of benzene rings is 1. The van der Waals surface area contributed by atoms with Crippen LogP contribution in [0.25, 0.3) is 0 Å². The van der Waals surface area contributed by atoms with Gasteiger partial charge in [0.15, 0.2) is 11.5 Å². The lowest BCUT2D eigenvalue weighted by Crippen LogP contribution is -2.62. The summed E-state index contributed by atoms with van der Waals surface area (Å²) in [6.45, 7) is 7.48. The maximum absolute atomic E-state index is 15.0. The minimum atomic E-state index is -3.94. The van der Waals surface area contributed by atoms with E-state index in [4.69, 9.17) is 14.2 Å². The van der Waals surface area contributed by atoms with Crippen LogP contribution in [0.3, 0.4) is 0 Å². The molecule has 20 heteroatoms. The van der Waals surface area contributed by atoms with Gasteiger partial charge in [-0.05, 0) is 72.6 Å². The highest BCUT2D eigenvalue weighted by Gasteiger charge is 2.62. The number of rotatable bonds is 13. The maximum Gasteiger partial charge on any atom is 0.410 e. The lowest BCUT2D eigenvalue weighted by Gasteiger charge is -2.37. The van der Waals surface area contributed by atoms with Crippen molar-refractivity contribution in [1.29, 1.82) is 0 Å². The second-order valence-corrected chi connectivity index (χ2v) is 20.7. The molecular formula is C43H56N8O11S. The molecule has 3 saturated carbocycles. The molecule has 3 aliphatic carbocycles. The molecule has 63 heavy (non-hydrogen) atoms. The Kier molecular flexibility index (Phi) is 12.0. The lowest BCUT2D eigenvalue weighted by atomic mass is 9.82. The fraction of sp³-hybridized carbons (Fsp3) is 0.628. The van der Waals surface area contributed by atoms with Gasteiger partial charge in [-0.15, -0.1) is 0 Å². The van der Waals surface area contributed by atoms with E-state index in [2.05, 4.69) is 30.6 Å². The third-order valence-corrected chi connectivity index (χ3v) is 15.0. The van der Waals surface area contributed by atoms with Crippen molar-refractivity contribution in [1.82, 2.24) is 40.4 Å². The van der Waals surface area contributed by atoms with Crippen molar-refractivity contribution in [3.05, 3.63) is 47.5 Å². The Hall–Kier alpha value is -5.53. The van der Waals surface area contributed by atoms with Crippen LogP contribution in [0.1, 0.15) is 114 Å². The fourth-order valence-corrected chi connectivity index (χ4v) is 10.7. The molecular weight excluding hydrogens is 837 g/mol. The summed E-state index contributed by atoms with van der Waals surface area (Å²) in [5.74, 6) is -2.79. The predicted molar refractivity (Wildman–Crippen MR) is 223 cm³/mol. The van der Waals surface area contributed by atoms with Gasteiger partial charge in [0.05, 0.1) is 18.0 Å². The molecule has 1 saturated heterocycles. The summed E-state index contributed by atoms with van der Waals surface area (Å²) < 4.78 is 44.9. The molecule has 0 unspecified atom stereocenters. The minimum absolute atomic E-state index is 0.0307. The average molecular weight is 893 g/mol. The normalized spacial score (nSPS) is 25.0. The summed E-state index contributed by atoms with van der Waals surface area (Å²) in [6, 6.07) is 0.119. The number of amides is 6.